The number of methoxy groups -OCH3 is 1. The molecule has 1 aromatic heterocycles. The largest absolute Gasteiger partial charge is 0.492 e. The first kappa shape index (κ1) is 18.9. The Hall–Kier alpha value is -1.14. The molecule has 0 unspecified atom stereocenters. The lowest BCUT2D eigenvalue weighted by Gasteiger charge is -2.06. The normalized spacial score (nSPS) is 11.9. The predicted octanol–water partition coefficient (Wildman–Crippen LogP) is -0.739. The van der Waals surface area contributed by atoms with E-state index >= 15 is 0 Å². The minimum absolute atomic E-state index is 0.0495. The molecule has 2 N–H and O–H groups in total. The van der Waals surface area contributed by atoms with Crippen LogP contribution in [0.5, 0.6) is 0 Å². The van der Waals surface area contributed by atoms with Crippen LogP contribution >= 0.6 is 0 Å². The van der Waals surface area contributed by atoms with Crippen LogP contribution in [0, 0.1) is 0 Å². The third-order valence-electron chi connectivity index (χ3n) is 2.61. The fraction of sp³-hybridized carbons (Fsp3) is 0.727. The molecule has 0 radical (unpaired) electrons. The quantitative estimate of drug-likeness (QED) is 0.435. The maximum Gasteiger partial charge on any atom is 0.492 e. The lowest BCUT2D eigenvalue weighted by molar-refractivity contribution is -0.140. The van der Waals surface area contributed by atoms with Crippen LogP contribution in [0.15, 0.2) is 6.20 Å². The van der Waals surface area contributed by atoms with Gasteiger partial charge in [-0.15, -0.1) is 0 Å². The Morgan fingerprint density at radius 1 is 1.14 bits per heavy atom. The molecule has 7 nitrogen and oxygen atoms in total. The van der Waals surface area contributed by atoms with E-state index in [4.69, 9.17) is 24.3 Å². The molecular formula is C11H18BF3N2O5. The highest BCUT2D eigenvalue weighted by atomic mass is 19.4. The molecule has 22 heavy (non-hydrogen) atoms. The highest BCUT2D eigenvalue weighted by Crippen LogP contribution is 2.26. The molecule has 0 amide bonds. The summed E-state index contributed by atoms with van der Waals surface area (Å²) in [5, 5.41) is 21.2. The van der Waals surface area contributed by atoms with Crippen LogP contribution in [-0.2, 0) is 26.9 Å². The summed E-state index contributed by atoms with van der Waals surface area (Å²) in [5.74, 6) is 0. The van der Waals surface area contributed by atoms with E-state index in [9.17, 15) is 13.2 Å². The minimum Gasteiger partial charge on any atom is -0.423 e. The van der Waals surface area contributed by atoms with Gasteiger partial charge in [0.2, 0.25) is 0 Å². The van der Waals surface area contributed by atoms with Crippen molar-refractivity contribution in [1.29, 1.82) is 0 Å². The molecule has 1 heterocycles. The van der Waals surface area contributed by atoms with Gasteiger partial charge in [-0.05, 0) is 0 Å². The molecule has 0 atom stereocenters. The van der Waals surface area contributed by atoms with Crippen LogP contribution in [0.25, 0.3) is 0 Å². The molecule has 11 heteroatoms. The van der Waals surface area contributed by atoms with E-state index in [-0.39, 0.29) is 19.8 Å². The summed E-state index contributed by atoms with van der Waals surface area (Å²) in [7, 11) is -0.683. The van der Waals surface area contributed by atoms with Crippen molar-refractivity contribution in [3.8, 4) is 0 Å². The van der Waals surface area contributed by atoms with Crippen molar-refractivity contribution >= 4 is 12.6 Å². The van der Waals surface area contributed by atoms with Crippen molar-refractivity contribution in [3.05, 3.63) is 11.9 Å². The van der Waals surface area contributed by atoms with E-state index in [1.807, 2.05) is 0 Å². The Bertz CT molecular complexity index is 442. The van der Waals surface area contributed by atoms with Gasteiger partial charge in [0.05, 0.1) is 39.6 Å². The first-order chi connectivity index (χ1) is 10.4. The Morgan fingerprint density at radius 3 is 2.23 bits per heavy atom. The molecule has 0 aliphatic rings. The Balaban J connectivity index is 2.37. The highest BCUT2D eigenvalue weighted by Gasteiger charge is 2.40. The fourth-order valence-corrected chi connectivity index (χ4v) is 1.58. The van der Waals surface area contributed by atoms with Crippen molar-refractivity contribution in [2.24, 2.45) is 0 Å². The zero-order chi connectivity index (χ0) is 16.6. The van der Waals surface area contributed by atoms with Crippen LogP contribution in [0.2, 0.25) is 0 Å². The van der Waals surface area contributed by atoms with Gasteiger partial charge in [-0.25, -0.2) is 0 Å². The van der Waals surface area contributed by atoms with Crippen LogP contribution in [0.1, 0.15) is 5.69 Å². The smallest absolute Gasteiger partial charge is 0.423 e. The molecule has 126 valence electrons. The molecule has 0 bridgehead atoms. The molecule has 0 aromatic carbocycles. The zero-order valence-electron chi connectivity index (χ0n) is 12.0. The van der Waals surface area contributed by atoms with E-state index in [0.717, 1.165) is 10.9 Å². The average Bonchev–Trinajstić information content (AvgIpc) is 2.86. The van der Waals surface area contributed by atoms with E-state index in [0.29, 0.717) is 19.8 Å². The lowest BCUT2D eigenvalue weighted by atomic mass is 9.80. The van der Waals surface area contributed by atoms with Gasteiger partial charge >= 0.3 is 13.3 Å². The van der Waals surface area contributed by atoms with Gasteiger partial charge in [0.15, 0.2) is 5.69 Å². The number of alkyl halides is 3. The monoisotopic (exact) mass is 326 g/mol. The molecule has 0 fully saturated rings. The van der Waals surface area contributed by atoms with E-state index in [1.54, 1.807) is 7.11 Å². The van der Waals surface area contributed by atoms with E-state index < -0.39 is 24.5 Å². The van der Waals surface area contributed by atoms with Gasteiger partial charge in [0.1, 0.15) is 0 Å². The summed E-state index contributed by atoms with van der Waals surface area (Å²) in [4.78, 5) is 0. The van der Waals surface area contributed by atoms with Gasteiger partial charge in [-0.1, -0.05) is 0 Å². The number of halogens is 3. The average molecular weight is 326 g/mol. The van der Waals surface area contributed by atoms with Crippen LogP contribution in [0.3, 0.4) is 0 Å². The molecule has 0 aliphatic carbocycles. The lowest BCUT2D eigenvalue weighted by Crippen LogP contribution is -2.34. The molecule has 1 rings (SSSR count). The minimum atomic E-state index is -4.75. The molecule has 0 aliphatic heterocycles. The van der Waals surface area contributed by atoms with Crippen molar-refractivity contribution in [3.63, 3.8) is 0 Å². The third-order valence-corrected chi connectivity index (χ3v) is 2.61. The first-order valence-electron chi connectivity index (χ1n) is 6.51. The highest BCUT2D eigenvalue weighted by molar-refractivity contribution is 6.59. The van der Waals surface area contributed by atoms with Crippen molar-refractivity contribution < 1.29 is 37.4 Å². The number of hydrogen-bond donors (Lipinski definition) is 2. The molecule has 0 spiro atoms. The van der Waals surface area contributed by atoms with Gasteiger partial charge in [-0.2, -0.15) is 18.3 Å². The van der Waals surface area contributed by atoms with Gasteiger partial charge in [0, 0.05) is 18.8 Å². The predicted molar refractivity (Wildman–Crippen MR) is 70.6 cm³/mol. The van der Waals surface area contributed by atoms with Gasteiger partial charge in [0.25, 0.3) is 0 Å². The summed E-state index contributed by atoms with van der Waals surface area (Å²) in [6, 6.07) is 0. The van der Waals surface area contributed by atoms with E-state index in [1.165, 1.54) is 0 Å². The molecule has 0 saturated heterocycles. The number of aromatic nitrogens is 2. The third kappa shape index (κ3) is 6.32. The van der Waals surface area contributed by atoms with Crippen molar-refractivity contribution in [2.75, 3.05) is 40.1 Å². The maximum absolute atomic E-state index is 12.7. The standard InChI is InChI=1S/C11H18BF3N2O5/c1-20-4-5-22-7-6-21-3-2-17-8-9(12(18)19)10(16-17)11(13,14)15/h8,18-19H,2-7H2,1H3. The van der Waals surface area contributed by atoms with Crippen molar-refractivity contribution in [1.82, 2.24) is 9.78 Å². The summed E-state index contributed by atoms with van der Waals surface area (Å²) in [5.41, 5.74) is -2.00. The van der Waals surface area contributed by atoms with Gasteiger partial charge < -0.3 is 24.3 Å². The van der Waals surface area contributed by atoms with Crippen LogP contribution in [0.4, 0.5) is 13.2 Å². The maximum atomic E-state index is 12.7. The molecule has 1 aromatic rings. The van der Waals surface area contributed by atoms with Crippen LogP contribution in [-0.4, -0.2) is 67.1 Å². The number of nitrogens with zero attached hydrogens (tertiary/aromatic N) is 2. The number of hydrogen-bond acceptors (Lipinski definition) is 6. The van der Waals surface area contributed by atoms with Crippen LogP contribution < -0.4 is 5.46 Å². The summed E-state index contributed by atoms with van der Waals surface area (Å²) in [6.07, 6.45) is -3.81. The second-order valence-electron chi connectivity index (χ2n) is 4.29. The second kappa shape index (κ2) is 9.11. The van der Waals surface area contributed by atoms with E-state index in [2.05, 4.69) is 5.10 Å². The number of rotatable bonds is 10. The number of ether oxygens (including phenoxy) is 3. The topological polar surface area (TPSA) is 86.0 Å². The second-order valence-corrected chi connectivity index (χ2v) is 4.29. The van der Waals surface area contributed by atoms with Gasteiger partial charge in [-0.3, -0.25) is 4.68 Å². The zero-order valence-corrected chi connectivity index (χ0v) is 12.0. The summed E-state index contributed by atoms with van der Waals surface area (Å²) in [6.45, 7) is 1.70. The SMILES string of the molecule is COCCOCCOCCn1cc(B(O)O)c(C(F)(F)F)n1. The van der Waals surface area contributed by atoms with Crippen molar-refractivity contribution in [2.45, 2.75) is 12.7 Å². The Labute approximate surface area is 125 Å². The first-order valence-corrected chi connectivity index (χ1v) is 6.51. The Morgan fingerprint density at radius 2 is 1.73 bits per heavy atom. The fourth-order valence-electron chi connectivity index (χ4n) is 1.58. The summed E-state index contributed by atoms with van der Waals surface area (Å²) < 4.78 is 54.0. The molecule has 0 saturated carbocycles. The Kier molecular flexibility index (Phi) is 7.83. The molecular weight excluding hydrogens is 308 g/mol. The summed E-state index contributed by atoms with van der Waals surface area (Å²) >= 11 is 0.